The molecule has 0 atom stereocenters. The van der Waals surface area contributed by atoms with Gasteiger partial charge in [-0.25, -0.2) is 0 Å². The van der Waals surface area contributed by atoms with Crippen LogP contribution in [0.25, 0.3) is 0 Å². The lowest BCUT2D eigenvalue weighted by molar-refractivity contribution is -0.126. The summed E-state index contributed by atoms with van der Waals surface area (Å²) >= 11 is 0. The van der Waals surface area contributed by atoms with Crippen LogP contribution in [0.5, 0.6) is 0 Å². The number of nitrogens with one attached hydrogen (secondary N) is 2. The second-order valence-electron chi connectivity index (χ2n) is 2.98. The highest BCUT2D eigenvalue weighted by atomic mass is 16.2. The lowest BCUT2D eigenvalue weighted by Crippen LogP contribution is -2.36. The van der Waals surface area contributed by atoms with Crippen LogP contribution in [0.1, 0.15) is 26.2 Å². The lowest BCUT2D eigenvalue weighted by Gasteiger charge is -2.04. The van der Waals surface area contributed by atoms with E-state index in [0.717, 1.165) is 12.8 Å². The Morgan fingerprint density at radius 2 is 1.86 bits per heavy atom. The second kappa shape index (κ2) is 8.50. The van der Waals surface area contributed by atoms with E-state index in [1.165, 1.54) is 0 Å². The molecule has 0 radical (unpaired) electrons. The Balaban J connectivity index is 3.39. The van der Waals surface area contributed by atoms with Crippen LogP contribution >= 0.6 is 0 Å². The van der Waals surface area contributed by atoms with E-state index < -0.39 is 0 Å². The van der Waals surface area contributed by atoms with Crippen molar-refractivity contribution in [3.05, 3.63) is 0 Å². The van der Waals surface area contributed by atoms with E-state index in [2.05, 4.69) is 10.6 Å². The van der Waals surface area contributed by atoms with Crippen molar-refractivity contribution in [3.8, 4) is 0 Å². The number of nitrogens with two attached hydrogens (primary N) is 1. The largest absolute Gasteiger partial charge is 0.355 e. The molecular weight excluding hydrogens is 182 g/mol. The Morgan fingerprint density at radius 1 is 1.14 bits per heavy atom. The van der Waals surface area contributed by atoms with E-state index in [0.29, 0.717) is 19.5 Å². The molecule has 0 saturated carbocycles. The molecule has 5 nitrogen and oxygen atoms in total. The molecule has 0 fully saturated rings. The summed E-state index contributed by atoms with van der Waals surface area (Å²) in [5, 5.41) is 5.13. The molecule has 2 amide bonds. The molecule has 0 aromatic heterocycles. The first-order valence-corrected chi connectivity index (χ1v) is 4.94. The van der Waals surface area contributed by atoms with Crippen molar-refractivity contribution in [2.75, 3.05) is 19.6 Å². The summed E-state index contributed by atoms with van der Waals surface area (Å²) in [6.45, 7) is 3.09. The molecule has 14 heavy (non-hydrogen) atoms. The van der Waals surface area contributed by atoms with Gasteiger partial charge in [0, 0.05) is 13.0 Å². The fourth-order valence-corrected chi connectivity index (χ4v) is 0.957. The van der Waals surface area contributed by atoms with Gasteiger partial charge in [0.2, 0.25) is 11.8 Å². The van der Waals surface area contributed by atoms with Crippen molar-refractivity contribution in [2.24, 2.45) is 5.73 Å². The number of hydrogen-bond donors (Lipinski definition) is 3. The van der Waals surface area contributed by atoms with E-state index in [9.17, 15) is 9.59 Å². The average molecular weight is 201 g/mol. The van der Waals surface area contributed by atoms with Gasteiger partial charge in [-0.05, 0) is 26.3 Å². The minimum absolute atomic E-state index is 0.0648. The maximum Gasteiger partial charge on any atom is 0.239 e. The minimum Gasteiger partial charge on any atom is -0.355 e. The molecule has 0 unspecified atom stereocenters. The highest BCUT2D eigenvalue weighted by Crippen LogP contribution is 1.92. The number of rotatable bonds is 7. The number of carbonyl (C=O) groups is 2. The third kappa shape index (κ3) is 7.54. The molecular formula is C9H19N3O2. The van der Waals surface area contributed by atoms with Crippen LogP contribution in [-0.2, 0) is 9.59 Å². The average Bonchev–Trinajstić information content (AvgIpc) is 2.16. The fourth-order valence-electron chi connectivity index (χ4n) is 0.957. The van der Waals surface area contributed by atoms with E-state index in [1.54, 1.807) is 0 Å². The molecule has 0 heterocycles. The van der Waals surface area contributed by atoms with Crippen molar-refractivity contribution in [2.45, 2.75) is 26.2 Å². The van der Waals surface area contributed by atoms with Gasteiger partial charge in [-0.3, -0.25) is 9.59 Å². The van der Waals surface area contributed by atoms with E-state index >= 15 is 0 Å². The smallest absolute Gasteiger partial charge is 0.239 e. The van der Waals surface area contributed by atoms with E-state index in [1.807, 2.05) is 6.92 Å². The topological polar surface area (TPSA) is 84.2 Å². The van der Waals surface area contributed by atoms with Crippen LogP contribution < -0.4 is 16.4 Å². The highest BCUT2D eigenvalue weighted by Gasteiger charge is 2.03. The molecule has 0 spiro atoms. The number of likely N-dealkylation sites (N-methyl/N-ethyl adjacent to an activating group) is 1. The standard InChI is InChI=1S/C9H19N3O2/c1-2-11-9(14)7-12-8(13)5-3-4-6-10/h2-7,10H2,1H3,(H,11,14)(H,12,13). The lowest BCUT2D eigenvalue weighted by atomic mass is 10.2. The van der Waals surface area contributed by atoms with Crippen LogP contribution in [0.3, 0.4) is 0 Å². The van der Waals surface area contributed by atoms with Crippen molar-refractivity contribution >= 4 is 11.8 Å². The van der Waals surface area contributed by atoms with Gasteiger partial charge in [0.25, 0.3) is 0 Å². The molecule has 4 N–H and O–H groups in total. The summed E-state index contributed by atoms with van der Waals surface area (Å²) < 4.78 is 0. The maximum absolute atomic E-state index is 11.1. The predicted molar refractivity (Wildman–Crippen MR) is 54.6 cm³/mol. The first-order chi connectivity index (χ1) is 6.70. The molecule has 0 bridgehead atoms. The second-order valence-corrected chi connectivity index (χ2v) is 2.98. The maximum atomic E-state index is 11.1. The molecule has 0 rings (SSSR count). The zero-order valence-corrected chi connectivity index (χ0v) is 8.64. The van der Waals surface area contributed by atoms with Gasteiger partial charge in [0.15, 0.2) is 0 Å². The molecule has 0 aromatic rings. The van der Waals surface area contributed by atoms with E-state index in [-0.39, 0.29) is 18.4 Å². The van der Waals surface area contributed by atoms with Gasteiger partial charge in [0.05, 0.1) is 6.54 Å². The van der Waals surface area contributed by atoms with Crippen LogP contribution in [0.15, 0.2) is 0 Å². The van der Waals surface area contributed by atoms with E-state index in [4.69, 9.17) is 5.73 Å². The first-order valence-electron chi connectivity index (χ1n) is 4.94. The minimum atomic E-state index is -0.153. The molecule has 0 aliphatic heterocycles. The summed E-state index contributed by atoms with van der Waals surface area (Å²) in [6.07, 6.45) is 2.06. The van der Waals surface area contributed by atoms with Gasteiger partial charge >= 0.3 is 0 Å². The fraction of sp³-hybridized carbons (Fsp3) is 0.778. The predicted octanol–water partition coefficient (Wildman–Crippen LogP) is -0.632. The Hall–Kier alpha value is -1.10. The number of amides is 2. The third-order valence-electron chi connectivity index (χ3n) is 1.68. The summed E-state index contributed by atoms with van der Waals surface area (Å²) in [4.78, 5) is 22.0. The van der Waals surface area contributed by atoms with Crippen molar-refractivity contribution < 1.29 is 9.59 Å². The Morgan fingerprint density at radius 3 is 2.43 bits per heavy atom. The Kier molecular flexibility index (Phi) is 7.83. The number of unbranched alkanes of at least 4 members (excludes halogenated alkanes) is 1. The van der Waals surface area contributed by atoms with Crippen LogP contribution in [-0.4, -0.2) is 31.4 Å². The SMILES string of the molecule is CCNC(=O)CNC(=O)CCCCN. The van der Waals surface area contributed by atoms with Gasteiger partial charge < -0.3 is 16.4 Å². The molecule has 0 aromatic carbocycles. The zero-order valence-electron chi connectivity index (χ0n) is 8.64. The van der Waals surface area contributed by atoms with Crippen molar-refractivity contribution in [3.63, 3.8) is 0 Å². The molecule has 0 aliphatic carbocycles. The van der Waals surface area contributed by atoms with Gasteiger partial charge in [-0.1, -0.05) is 0 Å². The highest BCUT2D eigenvalue weighted by molar-refractivity contribution is 5.84. The summed E-state index contributed by atoms with van der Waals surface area (Å²) in [5.74, 6) is -0.246. The van der Waals surface area contributed by atoms with Gasteiger partial charge in [0.1, 0.15) is 0 Å². The zero-order chi connectivity index (χ0) is 10.8. The van der Waals surface area contributed by atoms with Crippen LogP contribution in [0.2, 0.25) is 0 Å². The molecule has 0 aliphatic rings. The number of carbonyl (C=O) groups excluding carboxylic acids is 2. The molecule has 0 saturated heterocycles. The molecule has 82 valence electrons. The number of hydrogen-bond acceptors (Lipinski definition) is 3. The summed E-state index contributed by atoms with van der Waals surface area (Å²) in [7, 11) is 0. The summed E-state index contributed by atoms with van der Waals surface area (Å²) in [5.41, 5.74) is 5.28. The van der Waals surface area contributed by atoms with Crippen molar-refractivity contribution in [1.82, 2.24) is 10.6 Å². The normalized spacial score (nSPS) is 9.57. The Labute approximate surface area is 84.4 Å². The van der Waals surface area contributed by atoms with Gasteiger partial charge in [-0.15, -0.1) is 0 Å². The quantitative estimate of drug-likeness (QED) is 0.479. The first kappa shape index (κ1) is 12.9. The van der Waals surface area contributed by atoms with Crippen LogP contribution in [0, 0.1) is 0 Å². The third-order valence-corrected chi connectivity index (χ3v) is 1.68. The molecule has 5 heteroatoms. The van der Waals surface area contributed by atoms with Crippen LogP contribution in [0.4, 0.5) is 0 Å². The van der Waals surface area contributed by atoms with Gasteiger partial charge in [-0.2, -0.15) is 0 Å². The summed E-state index contributed by atoms with van der Waals surface area (Å²) in [6, 6.07) is 0. The monoisotopic (exact) mass is 201 g/mol. The Bertz CT molecular complexity index is 183. The van der Waals surface area contributed by atoms with Crippen molar-refractivity contribution in [1.29, 1.82) is 0 Å².